The van der Waals surface area contributed by atoms with Gasteiger partial charge in [0.2, 0.25) is 0 Å². The van der Waals surface area contributed by atoms with Crippen LogP contribution in [0.3, 0.4) is 0 Å². The summed E-state index contributed by atoms with van der Waals surface area (Å²) in [5.74, 6) is 0.539. The Labute approximate surface area is 93.5 Å². The lowest BCUT2D eigenvalue weighted by molar-refractivity contribution is -0.136. The number of hydrogen-bond acceptors (Lipinski definition) is 2. The Balaban J connectivity index is 2.45. The van der Waals surface area contributed by atoms with E-state index in [1.54, 1.807) is 6.20 Å². The first-order chi connectivity index (χ1) is 7.58. The predicted octanol–water partition coefficient (Wildman–Crippen LogP) is 2.08. The summed E-state index contributed by atoms with van der Waals surface area (Å²) in [5, 5.41) is 8.71. The van der Waals surface area contributed by atoms with Crippen LogP contribution in [0.15, 0.2) is 24.5 Å². The Morgan fingerprint density at radius 2 is 2.31 bits per heavy atom. The van der Waals surface area contributed by atoms with Crippen molar-refractivity contribution < 1.29 is 9.90 Å². The average molecular weight is 218 g/mol. The van der Waals surface area contributed by atoms with Crippen LogP contribution in [0.5, 0.6) is 0 Å². The number of hydrogen-bond donors (Lipinski definition) is 1. The van der Waals surface area contributed by atoms with Crippen LogP contribution in [0.4, 0.5) is 0 Å². The summed E-state index contributed by atoms with van der Waals surface area (Å²) in [5.41, 5.74) is 1.75. The van der Waals surface area contributed by atoms with Gasteiger partial charge >= 0.3 is 5.97 Å². The number of imidazole rings is 1. The van der Waals surface area contributed by atoms with Crippen LogP contribution in [0.1, 0.15) is 31.2 Å². The zero-order valence-electron chi connectivity index (χ0n) is 9.34. The normalized spacial score (nSPS) is 11.2. The molecule has 4 nitrogen and oxygen atoms in total. The van der Waals surface area contributed by atoms with Gasteiger partial charge in [0.05, 0.1) is 18.1 Å². The monoisotopic (exact) mass is 218 g/mol. The molecule has 0 saturated heterocycles. The molecule has 0 spiro atoms. The molecule has 1 N–H and O–H groups in total. The van der Waals surface area contributed by atoms with Gasteiger partial charge in [0, 0.05) is 12.1 Å². The third kappa shape index (κ3) is 1.91. The second-order valence-electron chi connectivity index (χ2n) is 4.17. The Hall–Kier alpha value is -1.84. The molecule has 0 bridgehead atoms. The quantitative estimate of drug-likeness (QED) is 0.858. The lowest BCUT2D eigenvalue weighted by atomic mass is 10.2. The SMILES string of the molecule is CC(C)c1ncc2cc(CC(=O)O)ccn12. The standard InChI is InChI=1S/C12H14N2O2/c1-8(2)12-13-7-10-5-9(6-11(15)16)3-4-14(10)12/h3-5,7-8H,6H2,1-2H3,(H,15,16). The van der Waals surface area contributed by atoms with Gasteiger partial charge in [0.15, 0.2) is 0 Å². The van der Waals surface area contributed by atoms with Crippen molar-refractivity contribution in [3.05, 3.63) is 35.9 Å². The highest BCUT2D eigenvalue weighted by molar-refractivity contribution is 5.70. The third-order valence-electron chi connectivity index (χ3n) is 2.50. The molecule has 2 aromatic rings. The average Bonchev–Trinajstić information content (AvgIpc) is 2.59. The lowest BCUT2D eigenvalue weighted by Crippen LogP contribution is -2.01. The van der Waals surface area contributed by atoms with Crippen LogP contribution < -0.4 is 0 Å². The van der Waals surface area contributed by atoms with Gasteiger partial charge in [-0.3, -0.25) is 4.79 Å². The van der Waals surface area contributed by atoms with E-state index < -0.39 is 5.97 Å². The predicted molar refractivity (Wildman–Crippen MR) is 60.6 cm³/mol. The molecule has 16 heavy (non-hydrogen) atoms. The molecule has 84 valence electrons. The van der Waals surface area contributed by atoms with Crippen molar-refractivity contribution in [2.24, 2.45) is 0 Å². The molecular weight excluding hydrogens is 204 g/mol. The zero-order chi connectivity index (χ0) is 11.7. The van der Waals surface area contributed by atoms with Gasteiger partial charge in [-0.2, -0.15) is 0 Å². The van der Waals surface area contributed by atoms with Crippen molar-refractivity contribution in [3.63, 3.8) is 0 Å². The fourth-order valence-corrected chi connectivity index (χ4v) is 1.78. The van der Waals surface area contributed by atoms with Crippen molar-refractivity contribution in [1.29, 1.82) is 0 Å². The molecule has 0 unspecified atom stereocenters. The van der Waals surface area contributed by atoms with Gasteiger partial charge < -0.3 is 9.51 Å². The maximum Gasteiger partial charge on any atom is 0.307 e. The van der Waals surface area contributed by atoms with E-state index in [-0.39, 0.29) is 6.42 Å². The van der Waals surface area contributed by atoms with E-state index in [0.717, 1.165) is 16.9 Å². The van der Waals surface area contributed by atoms with Crippen molar-refractivity contribution in [1.82, 2.24) is 9.38 Å². The van der Waals surface area contributed by atoms with Crippen molar-refractivity contribution in [2.75, 3.05) is 0 Å². The minimum absolute atomic E-state index is 0.0543. The molecule has 0 amide bonds. The molecule has 0 atom stereocenters. The Kier molecular flexibility index (Phi) is 2.64. The summed E-state index contributed by atoms with van der Waals surface area (Å²) in [7, 11) is 0. The molecule has 4 heteroatoms. The van der Waals surface area contributed by atoms with E-state index >= 15 is 0 Å². The molecular formula is C12H14N2O2. The highest BCUT2D eigenvalue weighted by atomic mass is 16.4. The highest BCUT2D eigenvalue weighted by Crippen LogP contribution is 2.16. The van der Waals surface area contributed by atoms with E-state index in [1.165, 1.54) is 0 Å². The van der Waals surface area contributed by atoms with Crippen molar-refractivity contribution >= 4 is 11.5 Å². The van der Waals surface area contributed by atoms with Crippen LogP contribution in [-0.4, -0.2) is 20.5 Å². The zero-order valence-corrected chi connectivity index (χ0v) is 9.34. The minimum atomic E-state index is -0.812. The molecule has 2 aromatic heterocycles. The lowest BCUT2D eigenvalue weighted by Gasteiger charge is -2.05. The maximum absolute atomic E-state index is 10.6. The third-order valence-corrected chi connectivity index (χ3v) is 2.50. The van der Waals surface area contributed by atoms with Gasteiger partial charge in [0.25, 0.3) is 0 Å². The fraction of sp³-hybridized carbons (Fsp3) is 0.333. The van der Waals surface area contributed by atoms with Crippen molar-refractivity contribution in [3.8, 4) is 0 Å². The minimum Gasteiger partial charge on any atom is -0.481 e. The summed E-state index contributed by atoms with van der Waals surface area (Å²) >= 11 is 0. The molecule has 0 aliphatic rings. The molecule has 0 radical (unpaired) electrons. The molecule has 0 fully saturated rings. The van der Waals surface area contributed by atoms with Crippen molar-refractivity contribution in [2.45, 2.75) is 26.2 Å². The Bertz CT molecular complexity index is 529. The highest BCUT2D eigenvalue weighted by Gasteiger charge is 2.08. The summed E-state index contributed by atoms with van der Waals surface area (Å²) in [6.45, 7) is 4.17. The number of nitrogens with zero attached hydrogens (tertiary/aromatic N) is 2. The number of carbonyl (C=O) groups is 1. The summed E-state index contributed by atoms with van der Waals surface area (Å²) < 4.78 is 2.00. The number of rotatable bonds is 3. The second-order valence-corrected chi connectivity index (χ2v) is 4.17. The van der Waals surface area contributed by atoms with Gasteiger partial charge in [0.1, 0.15) is 5.82 Å². The first-order valence-electron chi connectivity index (χ1n) is 5.25. The molecule has 0 aliphatic heterocycles. The van der Waals surface area contributed by atoms with E-state index in [2.05, 4.69) is 18.8 Å². The van der Waals surface area contributed by atoms with E-state index in [0.29, 0.717) is 5.92 Å². The summed E-state index contributed by atoms with van der Waals surface area (Å²) in [6, 6.07) is 3.70. The topological polar surface area (TPSA) is 54.6 Å². The van der Waals surface area contributed by atoms with E-state index in [4.69, 9.17) is 5.11 Å². The van der Waals surface area contributed by atoms with Crippen LogP contribution >= 0.6 is 0 Å². The van der Waals surface area contributed by atoms with Gasteiger partial charge in [-0.15, -0.1) is 0 Å². The van der Waals surface area contributed by atoms with Crippen LogP contribution in [0.25, 0.3) is 5.52 Å². The smallest absolute Gasteiger partial charge is 0.307 e. The summed E-state index contributed by atoms with van der Waals surface area (Å²) in [4.78, 5) is 14.9. The number of carboxylic acids is 1. The summed E-state index contributed by atoms with van der Waals surface area (Å²) in [6.07, 6.45) is 3.72. The van der Waals surface area contributed by atoms with Crippen LogP contribution in [0, 0.1) is 0 Å². The molecule has 0 saturated carbocycles. The largest absolute Gasteiger partial charge is 0.481 e. The Morgan fingerprint density at radius 1 is 1.56 bits per heavy atom. The number of pyridine rings is 1. The molecule has 0 aromatic carbocycles. The maximum atomic E-state index is 10.6. The van der Waals surface area contributed by atoms with Gasteiger partial charge in [-0.1, -0.05) is 13.8 Å². The number of aromatic nitrogens is 2. The molecule has 2 rings (SSSR count). The van der Waals surface area contributed by atoms with Gasteiger partial charge in [-0.05, 0) is 17.7 Å². The van der Waals surface area contributed by atoms with E-state index in [1.807, 2.05) is 22.7 Å². The Morgan fingerprint density at radius 3 is 2.94 bits per heavy atom. The number of fused-ring (bicyclic) bond motifs is 1. The van der Waals surface area contributed by atoms with Gasteiger partial charge in [-0.25, -0.2) is 4.98 Å². The number of carboxylic acid groups (broad SMARTS) is 1. The fourth-order valence-electron chi connectivity index (χ4n) is 1.78. The molecule has 2 heterocycles. The van der Waals surface area contributed by atoms with Crippen LogP contribution in [-0.2, 0) is 11.2 Å². The second kappa shape index (κ2) is 3.96. The van der Waals surface area contributed by atoms with Crippen LogP contribution in [0.2, 0.25) is 0 Å². The molecule has 0 aliphatic carbocycles. The first-order valence-corrected chi connectivity index (χ1v) is 5.25. The van der Waals surface area contributed by atoms with E-state index in [9.17, 15) is 4.79 Å². The number of aliphatic carboxylic acids is 1. The first kappa shape index (κ1) is 10.7.